The van der Waals surface area contributed by atoms with Crippen LogP contribution in [0.1, 0.15) is 50.3 Å². The summed E-state index contributed by atoms with van der Waals surface area (Å²) in [5.41, 5.74) is -0.0705. The Morgan fingerprint density at radius 2 is 1.13 bits per heavy atom. The first-order valence-corrected chi connectivity index (χ1v) is 11.3. The number of hydroxylamine groups is 2. The summed E-state index contributed by atoms with van der Waals surface area (Å²) in [6.07, 6.45) is -5.31. The predicted octanol–water partition coefficient (Wildman–Crippen LogP) is 4.60. The van der Waals surface area contributed by atoms with Crippen molar-refractivity contribution >= 4 is 11.7 Å². The zero-order valence-electron chi connectivity index (χ0n) is 21.7. The van der Waals surface area contributed by atoms with E-state index < -0.39 is 18.8 Å². The van der Waals surface area contributed by atoms with Crippen molar-refractivity contribution in [1.29, 1.82) is 0 Å². The van der Waals surface area contributed by atoms with Crippen LogP contribution >= 0.6 is 0 Å². The molecule has 9 heteroatoms. The predicted molar refractivity (Wildman–Crippen MR) is 137 cm³/mol. The largest absolute Gasteiger partial charge is 1.00 e. The number of ketones is 1. The first kappa shape index (κ1) is 33.3. The summed E-state index contributed by atoms with van der Waals surface area (Å²) in [6.45, 7) is 0. The van der Waals surface area contributed by atoms with Gasteiger partial charge in [0.2, 0.25) is 0 Å². The van der Waals surface area contributed by atoms with Crippen LogP contribution in [0.25, 0.3) is 0 Å². The van der Waals surface area contributed by atoms with E-state index in [0.717, 1.165) is 5.06 Å². The average molecular weight is 531 g/mol. The van der Waals surface area contributed by atoms with E-state index in [1.54, 1.807) is 36.4 Å². The molecule has 39 heavy (non-hydrogen) atoms. The number of hydrogen-bond donors (Lipinski definition) is 0. The van der Waals surface area contributed by atoms with Crippen LogP contribution in [0, 0.1) is 6.07 Å². The monoisotopic (exact) mass is 531 g/mol. The maximum atomic E-state index is 12.8. The Labute approximate surface area is 237 Å². The van der Waals surface area contributed by atoms with Crippen LogP contribution in [0.2, 0.25) is 0 Å². The Bertz CT molecular complexity index is 1250. The van der Waals surface area contributed by atoms with Crippen molar-refractivity contribution < 1.29 is 50.8 Å². The number of benzene rings is 4. The summed E-state index contributed by atoms with van der Waals surface area (Å²) in [5.74, 6) is -0.963. The fourth-order valence-electron chi connectivity index (χ4n) is 3.12. The van der Waals surface area contributed by atoms with Crippen molar-refractivity contribution in [2.75, 3.05) is 14.2 Å². The summed E-state index contributed by atoms with van der Waals surface area (Å²) < 4.78 is 50.6. The minimum atomic E-state index is -2.67. The molecule has 0 fully saturated rings. The Morgan fingerprint density at radius 3 is 1.56 bits per heavy atom. The second-order valence-corrected chi connectivity index (χ2v) is 7.53. The first-order chi connectivity index (χ1) is 18.3. The van der Waals surface area contributed by atoms with Crippen LogP contribution in [0.3, 0.4) is 0 Å². The van der Waals surface area contributed by atoms with E-state index in [-0.39, 0.29) is 46.9 Å². The second-order valence-electron chi connectivity index (χ2n) is 7.53. The van der Waals surface area contributed by atoms with Gasteiger partial charge < -0.3 is 0 Å². The SMILES string of the molecule is CON(C)C(=O)c1ccccc1C(F)F.O=C(c1ccccc1)c1ccccc1C(F)F.[Li+].[c-]1ccccc1. The van der Waals surface area contributed by atoms with Gasteiger partial charge in [0.15, 0.2) is 5.78 Å². The molecule has 198 valence electrons. The molecular formula is C30H26F4LiNO3. The molecule has 0 N–H and O–H groups in total. The number of carbonyl (C=O) groups excluding carboxylic acids is 2. The molecule has 0 aliphatic carbocycles. The standard InChI is InChI=1S/C14H10F2O.C10H11F2NO2.C6H5.Li/c15-14(16)12-9-5-4-8-11(12)13(17)10-6-2-1-3-7-10;1-13(15-2)10(14)8-6-4-3-5-7(8)9(11)12;1-2-4-6-5-3-1;/h1-9,14H;3-6,9H,1-2H3;1-5H;/q;;-1;+1. The van der Waals surface area contributed by atoms with E-state index in [0.29, 0.717) is 5.56 Å². The molecule has 0 spiro atoms. The summed E-state index contributed by atoms with van der Waals surface area (Å²) in [5, 5.41) is 0.904. The van der Waals surface area contributed by atoms with Gasteiger partial charge in [-0.1, -0.05) is 72.8 Å². The van der Waals surface area contributed by atoms with Gasteiger partial charge in [-0.3, -0.25) is 14.4 Å². The van der Waals surface area contributed by atoms with Gasteiger partial charge in [-0.25, -0.2) is 22.6 Å². The van der Waals surface area contributed by atoms with Crippen LogP contribution < -0.4 is 18.9 Å². The van der Waals surface area contributed by atoms with Gasteiger partial charge in [0.05, 0.1) is 12.7 Å². The number of amides is 1. The summed E-state index contributed by atoms with van der Waals surface area (Å²) in [4.78, 5) is 28.2. The Morgan fingerprint density at radius 1 is 0.692 bits per heavy atom. The van der Waals surface area contributed by atoms with Crippen LogP contribution in [0.15, 0.2) is 109 Å². The molecular weight excluding hydrogens is 505 g/mol. The van der Waals surface area contributed by atoms with Gasteiger partial charge in [-0.15, -0.1) is 0 Å². The topological polar surface area (TPSA) is 46.6 Å². The number of nitrogens with zero attached hydrogens (tertiary/aromatic N) is 1. The minimum Gasteiger partial charge on any atom is -0.289 e. The van der Waals surface area contributed by atoms with Crippen LogP contribution in [0.5, 0.6) is 0 Å². The molecule has 0 aliphatic rings. The first-order valence-electron chi connectivity index (χ1n) is 11.3. The molecule has 0 aromatic heterocycles. The molecule has 4 rings (SSSR count). The Balaban J connectivity index is 0.000000317. The molecule has 0 saturated heterocycles. The molecule has 1 amide bonds. The van der Waals surface area contributed by atoms with Gasteiger partial charge in [0.25, 0.3) is 18.8 Å². The quantitative estimate of drug-likeness (QED) is 0.120. The number of halogens is 4. The van der Waals surface area contributed by atoms with Crippen molar-refractivity contribution in [3.05, 3.63) is 143 Å². The van der Waals surface area contributed by atoms with E-state index in [1.807, 2.05) is 30.3 Å². The minimum absolute atomic E-state index is 0. The number of hydrogen-bond acceptors (Lipinski definition) is 3. The summed E-state index contributed by atoms with van der Waals surface area (Å²) >= 11 is 0. The van der Waals surface area contributed by atoms with Crippen molar-refractivity contribution in [2.45, 2.75) is 12.9 Å². The Hall–Kier alpha value is -3.70. The number of rotatable bonds is 6. The van der Waals surface area contributed by atoms with E-state index in [2.05, 4.69) is 10.9 Å². The normalized spacial score (nSPS) is 9.85. The van der Waals surface area contributed by atoms with Gasteiger partial charge in [0, 0.05) is 29.3 Å². The molecule has 4 aromatic carbocycles. The Kier molecular flexibility index (Phi) is 15.2. The van der Waals surface area contributed by atoms with Crippen molar-refractivity contribution in [1.82, 2.24) is 5.06 Å². The average Bonchev–Trinajstić information content (AvgIpc) is 2.98. The molecule has 0 unspecified atom stereocenters. The van der Waals surface area contributed by atoms with Crippen molar-refractivity contribution in [2.24, 2.45) is 0 Å². The van der Waals surface area contributed by atoms with E-state index in [4.69, 9.17) is 0 Å². The summed E-state index contributed by atoms with van der Waals surface area (Å²) in [6, 6.07) is 32.3. The van der Waals surface area contributed by atoms with Crippen molar-refractivity contribution in [3.8, 4) is 0 Å². The van der Waals surface area contributed by atoms with Crippen LogP contribution in [-0.4, -0.2) is 30.9 Å². The maximum Gasteiger partial charge on any atom is 1.00 e. The summed E-state index contributed by atoms with van der Waals surface area (Å²) in [7, 11) is 2.66. The van der Waals surface area contributed by atoms with Gasteiger partial charge in [-0.2, -0.15) is 36.4 Å². The second kappa shape index (κ2) is 17.7. The fraction of sp³-hybridized carbons (Fsp3) is 0.133. The van der Waals surface area contributed by atoms with Crippen LogP contribution in [-0.2, 0) is 4.84 Å². The third-order valence-electron chi connectivity index (χ3n) is 5.07. The van der Waals surface area contributed by atoms with E-state index in [9.17, 15) is 27.2 Å². The third kappa shape index (κ3) is 10.5. The number of alkyl halides is 4. The van der Waals surface area contributed by atoms with Gasteiger partial charge in [-0.05, 0) is 6.07 Å². The van der Waals surface area contributed by atoms with Gasteiger partial charge in [0.1, 0.15) is 0 Å². The molecule has 4 aromatic rings. The molecule has 0 aliphatic heterocycles. The van der Waals surface area contributed by atoms with E-state index in [1.165, 1.54) is 56.6 Å². The molecule has 4 nitrogen and oxygen atoms in total. The smallest absolute Gasteiger partial charge is 0.289 e. The zero-order chi connectivity index (χ0) is 27.9. The third-order valence-corrected chi connectivity index (χ3v) is 5.07. The fourth-order valence-corrected chi connectivity index (χ4v) is 3.12. The zero-order valence-corrected chi connectivity index (χ0v) is 21.7. The maximum absolute atomic E-state index is 12.8. The molecule has 0 radical (unpaired) electrons. The molecule has 0 bridgehead atoms. The van der Waals surface area contributed by atoms with E-state index >= 15 is 0 Å². The molecule has 0 atom stereocenters. The number of carbonyl (C=O) groups is 2. The van der Waals surface area contributed by atoms with Gasteiger partial charge >= 0.3 is 18.9 Å². The molecule has 0 saturated carbocycles. The van der Waals surface area contributed by atoms with Crippen LogP contribution in [0.4, 0.5) is 17.6 Å². The van der Waals surface area contributed by atoms with Crippen molar-refractivity contribution in [3.63, 3.8) is 0 Å². The molecule has 0 heterocycles.